The van der Waals surface area contributed by atoms with Crippen molar-refractivity contribution < 1.29 is 9.53 Å². The molecular formula is C17H12BrN3O2. The Bertz CT molecular complexity index is 808. The van der Waals surface area contributed by atoms with Crippen LogP contribution >= 0.6 is 15.9 Å². The zero-order valence-corrected chi connectivity index (χ0v) is 13.5. The minimum absolute atomic E-state index is 0.219. The van der Waals surface area contributed by atoms with Crippen molar-refractivity contribution in [3.63, 3.8) is 0 Å². The molecule has 2 aromatic carbocycles. The number of halogens is 1. The molecule has 0 saturated heterocycles. The first-order valence-corrected chi connectivity index (χ1v) is 7.62. The first-order valence-electron chi connectivity index (χ1n) is 6.82. The zero-order valence-electron chi connectivity index (χ0n) is 11.9. The van der Waals surface area contributed by atoms with Crippen molar-refractivity contribution in [2.24, 2.45) is 0 Å². The van der Waals surface area contributed by atoms with Gasteiger partial charge in [-0.05, 0) is 30.3 Å². The number of carbonyl (C=O) groups excluding carboxylic acids is 1. The highest BCUT2D eigenvalue weighted by atomic mass is 79.9. The summed E-state index contributed by atoms with van der Waals surface area (Å²) in [7, 11) is 0. The summed E-state index contributed by atoms with van der Waals surface area (Å²) in [5.74, 6) is 0.421. The monoisotopic (exact) mass is 369 g/mol. The predicted octanol–water partition coefficient (Wildman–Crippen LogP) is 4.28. The molecular weight excluding hydrogens is 358 g/mol. The number of para-hydroxylation sites is 1. The van der Waals surface area contributed by atoms with Crippen molar-refractivity contribution in [1.29, 1.82) is 0 Å². The van der Waals surface area contributed by atoms with Crippen molar-refractivity contribution in [2.45, 2.75) is 0 Å². The highest BCUT2D eigenvalue weighted by Gasteiger charge is 2.07. The zero-order chi connectivity index (χ0) is 16.1. The first kappa shape index (κ1) is 15.2. The quantitative estimate of drug-likeness (QED) is 0.745. The van der Waals surface area contributed by atoms with E-state index in [4.69, 9.17) is 4.74 Å². The maximum atomic E-state index is 12.1. The van der Waals surface area contributed by atoms with Crippen LogP contribution in [0, 0.1) is 0 Å². The summed E-state index contributed by atoms with van der Waals surface area (Å²) in [5, 5.41) is 2.74. The maximum absolute atomic E-state index is 12.1. The molecule has 0 atom stereocenters. The van der Waals surface area contributed by atoms with E-state index in [1.54, 1.807) is 18.2 Å². The smallest absolute Gasteiger partial charge is 0.322 e. The Labute approximate surface area is 141 Å². The molecule has 114 valence electrons. The molecule has 0 saturated carbocycles. The molecule has 5 nitrogen and oxygen atoms in total. The van der Waals surface area contributed by atoms with Crippen molar-refractivity contribution in [1.82, 2.24) is 9.97 Å². The highest BCUT2D eigenvalue weighted by molar-refractivity contribution is 9.10. The van der Waals surface area contributed by atoms with Gasteiger partial charge >= 0.3 is 6.01 Å². The van der Waals surface area contributed by atoms with Gasteiger partial charge in [-0.1, -0.05) is 40.2 Å². The topological polar surface area (TPSA) is 64.1 Å². The Hall–Kier alpha value is -2.73. The normalized spacial score (nSPS) is 10.1. The largest absolute Gasteiger partial charge is 0.424 e. The van der Waals surface area contributed by atoms with Gasteiger partial charge in [0.1, 0.15) is 5.75 Å². The van der Waals surface area contributed by atoms with E-state index >= 15 is 0 Å². The minimum atomic E-state index is -0.230. The second kappa shape index (κ2) is 7.02. The number of nitrogens with one attached hydrogen (secondary N) is 1. The fraction of sp³-hybridized carbons (Fsp3) is 0. The van der Waals surface area contributed by atoms with Gasteiger partial charge in [0.25, 0.3) is 5.91 Å². The Balaban J connectivity index is 1.67. The molecule has 0 aliphatic rings. The molecule has 3 aromatic rings. The van der Waals surface area contributed by atoms with Gasteiger partial charge in [0.05, 0.1) is 18.1 Å². The van der Waals surface area contributed by atoms with E-state index in [1.807, 2.05) is 36.4 Å². The van der Waals surface area contributed by atoms with Crippen LogP contribution in [0.25, 0.3) is 0 Å². The summed E-state index contributed by atoms with van der Waals surface area (Å²) in [6.07, 6.45) is 3.00. The molecule has 0 radical (unpaired) electrons. The number of benzene rings is 2. The van der Waals surface area contributed by atoms with Crippen LogP contribution in [0.5, 0.6) is 11.8 Å². The number of anilines is 1. The summed E-state index contributed by atoms with van der Waals surface area (Å²) in [6, 6.07) is 16.6. The molecule has 0 unspecified atom stereocenters. The van der Waals surface area contributed by atoms with Crippen LogP contribution in [-0.4, -0.2) is 15.9 Å². The molecule has 1 amide bonds. The molecule has 3 rings (SSSR count). The lowest BCUT2D eigenvalue weighted by molar-refractivity contribution is 0.102. The fourth-order valence-corrected chi connectivity index (χ4v) is 2.26. The van der Waals surface area contributed by atoms with E-state index in [0.29, 0.717) is 17.0 Å². The lowest BCUT2D eigenvalue weighted by Gasteiger charge is -2.06. The Morgan fingerprint density at radius 2 is 1.74 bits per heavy atom. The molecule has 6 heteroatoms. The van der Waals surface area contributed by atoms with Gasteiger partial charge in [-0.2, -0.15) is 0 Å². The Kier molecular flexibility index (Phi) is 4.63. The maximum Gasteiger partial charge on any atom is 0.322 e. The number of amides is 1. The molecule has 0 spiro atoms. The van der Waals surface area contributed by atoms with E-state index in [-0.39, 0.29) is 11.9 Å². The molecule has 0 aliphatic heterocycles. The summed E-state index contributed by atoms with van der Waals surface area (Å²) in [6.45, 7) is 0. The van der Waals surface area contributed by atoms with Crippen LogP contribution in [0.4, 0.5) is 5.69 Å². The van der Waals surface area contributed by atoms with E-state index < -0.39 is 0 Å². The lowest BCUT2D eigenvalue weighted by Crippen LogP contribution is -2.12. The molecule has 0 aliphatic carbocycles. The van der Waals surface area contributed by atoms with Crippen molar-refractivity contribution in [3.05, 3.63) is 77.0 Å². The van der Waals surface area contributed by atoms with Crippen LogP contribution in [0.1, 0.15) is 10.4 Å². The van der Waals surface area contributed by atoms with Crippen LogP contribution in [0.3, 0.4) is 0 Å². The number of rotatable bonds is 4. The van der Waals surface area contributed by atoms with E-state index in [9.17, 15) is 4.79 Å². The van der Waals surface area contributed by atoms with Crippen LogP contribution < -0.4 is 10.1 Å². The fourth-order valence-electron chi connectivity index (χ4n) is 1.86. The second-order valence-corrected chi connectivity index (χ2v) is 5.55. The Morgan fingerprint density at radius 1 is 1.00 bits per heavy atom. The third kappa shape index (κ3) is 4.14. The summed E-state index contributed by atoms with van der Waals surface area (Å²) in [4.78, 5) is 20.3. The number of carbonyl (C=O) groups is 1. The predicted molar refractivity (Wildman–Crippen MR) is 90.6 cm³/mol. The van der Waals surface area contributed by atoms with Gasteiger partial charge in [0.15, 0.2) is 0 Å². The molecule has 1 heterocycles. The molecule has 1 aromatic heterocycles. The molecule has 0 fully saturated rings. The van der Waals surface area contributed by atoms with Crippen molar-refractivity contribution in [2.75, 3.05) is 5.32 Å². The van der Waals surface area contributed by atoms with Gasteiger partial charge in [-0.15, -0.1) is 0 Å². The number of hydrogen-bond donors (Lipinski definition) is 1. The van der Waals surface area contributed by atoms with Gasteiger partial charge < -0.3 is 10.1 Å². The number of nitrogens with zero attached hydrogens (tertiary/aromatic N) is 2. The number of hydrogen-bond acceptors (Lipinski definition) is 4. The average molecular weight is 370 g/mol. The van der Waals surface area contributed by atoms with E-state index in [1.165, 1.54) is 12.4 Å². The van der Waals surface area contributed by atoms with Gasteiger partial charge in [-0.25, -0.2) is 9.97 Å². The van der Waals surface area contributed by atoms with Crippen molar-refractivity contribution in [3.8, 4) is 11.8 Å². The third-order valence-electron chi connectivity index (χ3n) is 2.93. The highest BCUT2D eigenvalue weighted by Crippen LogP contribution is 2.18. The van der Waals surface area contributed by atoms with Crippen LogP contribution in [0.2, 0.25) is 0 Å². The van der Waals surface area contributed by atoms with Gasteiger partial charge in [0, 0.05) is 10.0 Å². The standard InChI is InChI=1S/C17H12BrN3O2/c18-13-6-4-5-12(9-13)16(22)21-14-10-19-17(20-11-14)23-15-7-2-1-3-8-15/h1-11H,(H,21,22). The summed E-state index contributed by atoms with van der Waals surface area (Å²) >= 11 is 3.34. The summed E-state index contributed by atoms with van der Waals surface area (Å²) in [5.41, 5.74) is 1.04. The van der Waals surface area contributed by atoms with Crippen LogP contribution in [-0.2, 0) is 0 Å². The number of ether oxygens (including phenoxy) is 1. The third-order valence-corrected chi connectivity index (χ3v) is 3.42. The van der Waals surface area contributed by atoms with Gasteiger partial charge in [-0.3, -0.25) is 4.79 Å². The van der Waals surface area contributed by atoms with Crippen LogP contribution in [0.15, 0.2) is 71.5 Å². The first-order chi connectivity index (χ1) is 11.2. The van der Waals surface area contributed by atoms with Gasteiger partial charge in [0.2, 0.25) is 0 Å². The van der Waals surface area contributed by atoms with E-state index in [0.717, 1.165) is 4.47 Å². The molecule has 1 N–H and O–H groups in total. The minimum Gasteiger partial charge on any atom is -0.424 e. The van der Waals surface area contributed by atoms with Crippen molar-refractivity contribution >= 4 is 27.5 Å². The SMILES string of the molecule is O=C(Nc1cnc(Oc2ccccc2)nc1)c1cccc(Br)c1. The Morgan fingerprint density at radius 3 is 2.43 bits per heavy atom. The lowest BCUT2D eigenvalue weighted by atomic mass is 10.2. The number of aromatic nitrogens is 2. The summed E-state index contributed by atoms with van der Waals surface area (Å²) < 4.78 is 6.34. The van der Waals surface area contributed by atoms with E-state index in [2.05, 4.69) is 31.2 Å². The average Bonchev–Trinajstić information content (AvgIpc) is 2.57. The molecule has 23 heavy (non-hydrogen) atoms. The second-order valence-electron chi connectivity index (χ2n) is 4.63. The molecule has 0 bridgehead atoms.